The summed E-state index contributed by atoms with van der Waals surface area (Å²) in [5, 5.41) is 24.7. The molecule has 0 aromatic heterocycles. The number of Topliss-reactive ketones (excluding diaryl/α,β-unsaturated/α-hetero) is 2. The van der Waals surface area contributed by atoms with Crippen LogP contribution in [0.4, 0.5) is 17.1 Å². The molecule has 0 aliphatic carbocycles. The van der Waals surface area contributed by atoms with Gasteiger partial charge >= 0.3 is 5.97 Å². The number of cyclic esters (lactones) is 1. The second-order valence-corrected chi connectivity index (χ2v) is 8.24. The molecule has 1 amide bonds. The van der Waals surface area contributed by atoms with Crippen LogP contribution in [0.3, 0.4) is 0 Å². The zero-order chi connectivity index (χ0) is 26.9. The SMILES string of the molecule is O=C(Nc1ccc(Cl)cc1[N+](=O)[O-])C(=O)C(C(=O)c1cccc([N+](=O)[O-])c1)C1OC(=O)c2ccccc21. The summed E-state index contributed by atoms with van der Waals surface area (Å²) in [6.45, 7) is 0. The fraction of sp³-hybridized carbons (Fsp3) is 0.0833. The first-order chi connectivity index (χ1) is 17.6. The van der Waals surface area contributed by atoms with Gasteiger partial charge in [0.15, 0.2) is 5.78 Å². The number of anilines is 1. The molecule has 0 saturated heterocycles. The van der Waals surface area contributed by atoms with Crippen LogP contribution in [0, 0.1) is 26.1 Å². The van der Waals surface area contributed by atoms with E-state index >= 15 is 0 Å². The number of carbonyl (C=O) groups excluding carboxylic acids is 4. The summed E-state index contributed by atoms with van der Waals surface area (Å²) >= 11 is 5.78. The minimum atomic E-state index is -1.94. The number of ketones is 2. The fourth-order valence-electron chi connectivity index (χ4n) is 3.85. The Morgan fingerprint density at radius 3 is 2.38 bits per heavy atom. The Labute approximate surface area is 212 Å². The summed E-state index contributed by atoms with van der Waals surface area (Å²) in [5.74, 6) is -6.59. The molecular weight excluding hydrogens is 510 g/mol. The van der Waals surface area contributed by atoms with E-state index < -0.39 is 56.7 Å². The first kappa shape index (κ1) is 25.1. The van der Waals surface area contributed by atoms with E-state index in [4.69, 9.17) is 16.3 Å². The maximum absolute atomic E-state index is 13.5. The third kappa shape index (κ3) is 4.90. The molecule has 1 aliphatic heterocycles. The normalized spacial score (nSPS) is 14.7. The molecule has 3 aromatic carbocycles. The van der Waals surface area contributed by atoms with Gasteiger partial charge in [0.05, 0.1) is 15.4 Å². The number of hydrogen-bond acceptors (Lipinski definition) is 9. The minimum absolute atomic E-state index is 0.00391. The third-order valence-corrected chi connectivity index (χ3v) is 5.79. The van der Waals surface area contributed by atoms with Crippen LogP contribution >= 0.6 is 11.6 Å². The number of amides is 1. The van der Waals surface area contributed by atoms with E-state index in [2.05, 4.69) is 5.32 Å². The number of nitrogens with zero attached hydrogens (tertiary/aromatic N) is 2. The summed E-state index contributed by atoms with van der Waals surface area (Å²) in [5.41, 5.74) is -1.45. The average molecular weight is 524 g/mol. The molecule has 0 fully saturated rings. The lowest BCUT2D eigenvalue weighted by atomic mass is 9.84. The quantitative estimate of drug-likeness (QED) is 0.114. The van der Waals surface area contributed by atoms with Crippen LogP contribution in [0.5, 0.6) is 0 Å². The third-order valence-electron chi connectivity index (χ3n) is 5.56. The highest BCUT2D eigenvalue weighted by molar-refractivity contribution is 6.45. The lowest BCUT2D eigenvalue weighted by Gasteiger charge is -2.21. The Bertz CT molecular complexity index is 1500. The molecule has 4 rings (SSSR count). The molecular formula is C24H14ClN3O9. The van der Waals surface area contributed by atoms with Gasteiger partial charge in [0.1, 0.15) is 17.7 Å². The highest BCUT2D eigenvalue weighted by Crippen LogP contribution is 2.38. The molecule has 0 bridgehead atoms. The first-order valence-corrected chi connectivity index (χ1v) is 10.8. The van der Waals surface area contributed by atoms with Gasteiger partial charge < -0.3 is 10.1 Å². The Balaban J connectivity index is 1.75. The van der Waals surface area contributed by atoms with Crippen molar-refractivity contribution in [2.45, 2.75) is 6.10 Å². The summed E-state index contributed by atoms with van der Waals surface area (Å²) in [7, 11) is 0. The zero-order valence-corrected chi connectivity index (χ0v) is 19.2. The van der Waals surface area contributed by atoms with E-state index in [0.717, 1.165) is 24.3 Å². The standard InChI is InChI=1S/C24H14ClN3O9/c25-13-8-9-17(18(11-13)28(35)36)26-23(31)21(30)19(20(29)12-4-3-5-14(10-12)27(33)34)22-15-6-1-2-7-16(15)24(32)37-22/h1-11,19,22H,(H,26,31). The van der Waals surface area contributed by atoms with Gasteiger partial charge in [-0.1, -0.05) is 41.9 Å². The average Bonchev–Trinajstić information content (AvgIpc) is 3.21. The molecule has 12 nitrogen and oxygen atoms in total. The van der Waals surface area contributed by atoms with Crippen LogP contribution in [0.2, 0.25) is 5.02 Å². The number of nitrogens with one attached hydrogen (secondary N) is 1. The van der Waals surface area contributed by atoms with Crippen molar-refractivity contribution < 1.29 is 33.8 Å². The molecule has 1 N–H and O–H groups in total. The van der Waals surface area contributed by atoms with Crippen molar-refractivity contribution >= 4 is 52.1 Å². The van der Waals surface area contributed by atoms with Crippen LogP contribution < -0.4 is 5.32 Å². The molecule has 186 valence electrons. The second kappa shape index (κ2) is 9.95. The lowest BCUT2D eigenvalue weighted by molar-refractivity contribution is -0.384. The fourth-order valence-corrected chi connectivity index (χ4v) is 4.02. The number of halogens is 1. The van der Waals surface area contributed by atoms with Gasteiger partial charge in [0.25, 0.3) is 17.3 Å². The number of nitro benzene ring substituents is 2. The molecule has 1 heterocycles. The van der Waals surface area contributed by atoms with Crippen molar-refractivity contribution in [1.29, 1.82) is 0 Å². The van der Waals surface area contributed by atoms with Crippen molar-refractivity contribution in [3.8, 4) is 0 Å². The highest BCUT2D eigenvalue weighted by atomic mass is 35.5. The van der Waals surface area contributed by atoms with E-state index in [9.17, 15) is 39.4 Å². The van der Waals surface area contributed by atoms with Crippen LogP contribution in [0.15, 0.2) is 66.7 Å². The minimum Gasteiger partial charge on any atom is -0.453 e. The number of esters is 1. The predicted octanol–water partition coefficient (Wildman–Crippen LogP) is 4.07. The molecule has 2 unspecified atom stereocenters. The Hall–Kier alpha value is -4.97. The molecule has 37 heavy (non-hydrogen) atoms. The smallest absolute Gasteiger partial charge is 0.339 e. The van der Waals surface area contributed by atoms with Crippen molar-refractivity contribution in [2.24, 2.45) is 5.92 Å². The summed E-state index contributed by atoms with van der Waals surface area (Å²) < 4.78 is 5.29. The molecule has 0 saturated carbocycles. The van der Waals surface area contributed by atoms with Gasteiger partial charge in [-0.05, 0) is 18.2 Å². The second-order valence-electron chi connectivity index (χ2n) is 7.80. The van der Waals surface area contributed by atoms with Crippen LogP contribution in [0.1, 0.15) is 32.4 Å². The van der Waals surface area contributed by atoms with Gasteiger partial charge in [-0.15, -0.1) is 0 Å². The van der Waals surface area contributed by atoms with E-state index in [0.29, 0.717) is 0 Å². The number of ether oxygens (including phenoxy) is 1. The van der Waals surface area contributed by atoms with E-state index in [1.807, 2.05) is 0 Å². The maximum Gasteiger partial charge on any atom is 0.339 e. The Kier molecular flexibility index (Phi) is 6.76. The van der Waals surface area contributed by atoms with Gasteiger partial charge in [-0.3, -0.25) is 34.6 Å². The monoisotopic (exact) mass is 523 g/mol. The number of fused-ring (bicyclic) bond motifs is 1. The number of non-ortho nitro benzene ring substituents is 1. The number of hydrogen-bond donors (Lipinski definition) is 1. The number of rotatable bonds is 8. The molecule has 2 atom stereocenters. The topological polar surface area (TPSA) is 176 Å². The molecule has 0 spiro atoms. The van der Waals surface area contributed by atoms with Crippen LogP contribution in [0.25, 0.3) is 0 Å². The lowest BCUT2D eigenvalue weighted by Crippen LogP contribution is -2.38. The molecule has 3 aromatic rings. The summed E-state index contributed by atoms with van der Waals surface area (Å²) in [4.78, 5) is 73.2. The van der Waals surface area contributed by atoms with Gasteiger partial charge in [0.2, 0.25) is 5.78 Å². The van der Waals surface area contributed by atoms with Crippen molar-refractivity contribution in [3.63, 3.8) is 0 Å². The summed E-state index contributed by atoms with van der Waals surface area (Å²) in [6.07, 6.45) is -1.52. The zero-order valence-electron chi connectivity index (χ0n) is 18.5. The van der Waals surface area contributed by atoms with Crippen LogP contribution in [-0.2, 0) is 14.3 Å². The summed E-state index contributed by atoms with van der Waals surface area (Å²) in [6, 6.07) is 13.7. The Morgan fingerprint density at radius 2 is 1.68 bits per heavy atom. The molecule has 0 radical (unpaired) electrons. The van der Waals surface area contributed by atoms with Crippen molar-refractivity contribution in [2.75, 3.05) is 5.32 Å². The highest BCUT2D eigenvalue weighted by Gasteiger charge is 2.46. The number of carbonyl (C=O) groups is 4. The van der Waals surface area contributed by atoms with Gasteiger partial charge in [-0.25, -0.2) is 4.79 Å². The number of nitro groups is 2. The van der Waals surface area contributed by atoms with Crippen molar-refractivity contribution in [1.82, 2.24) is 0 Å². The van der Waals surface area contributed by atoms with Crippen molar-refractivity contribution in [3.05, 3.63) is 109 Å². The molecule has 1 aliphatic rings. The largest absolute Gasteiger partial charge is 0.453 e. The van der Waals surface area contributed by atoms with E-state index in [1.54, 1.807) is 0 Å². The maximum atomic E-state index is 13.5. The molecule has 13 heteroatoms. The van der Waals surface area contributed by atoms with Gasteiger partial charge in [-0.2, -0.15) is 0 Å². The van der Waals surface area contributed by atoms with E-state index in [-0.39, 0.29) is 27.4 Å². The number of benzene rings is 3. The predicted molar refractivity (Wildman–Crippen MR) is 127 cm³/mol. The first-order valence-electron chi connectivity index (χ1n) is 10.5. The Morgan fingerprint density at radius 1 is 0.946 bits per heavy atom. The van der Waals surface area contributed by atoms with Gasteiger partial charge in [0, 0.05) is 34.3 Å². The van der Waals surface area contributed by atoms with Crippen LogP contribution in [-0.4, -0.2) is 33.3 Å². The van der Waals surface area contributed by atoms with E-state index in [1.165, 1.54) is 42.5 Å².